The lowest BCUT2D eigenvalue weighted by Gasteiger charge is -1.92. The molecule has 0 bridgehead atoms. The van der Waals surface area contributed by atoms with Gasteiger partial charge < -0.3 is 0 Å². The molecule has 6 nitrogen and oxygen atoms in total. The SMILES string of the molecule is CCCCSc1nnc(Sc2ncc([N+](=O)[O-])s2)s1. The Balaban J connectivity index is 1.93. The van der Waals surface area contributed by atoms with Gasteiger partial charge in [0.1, 0.15) is 6.20 Å². The fourth-order valence-corrected chi connectivity index (χ4v) is 5.22. The number of nitro groups is 1. The molecular weight excluding hydrogens is 324 g/mol. The zero-order chi connectivity index (χ0) is 13.7. The third kappa shape index (κ3) is 4.41. The minimum absolute atomic E-state index is 0.0459. The Labute approximate surface area is 126 Å². The maximum atomic E-state index is 10.6. The first kappa shape index (κ1) is 14.7. The molecule has 2 aromatic rings. The van der Waals surface area contributed by atoms with Crippen LogP contribution in [0.2, 0.25) is 0 Å². The fourth-order valence-electron chi connectivity index (χ4n) is 1.06. The summed E-state index contributed by atoms with van der Waals surface area (Å²) in [5.41, 5.74) is 0. The van der Waals surface area contributed by atoms with E-state index < -0.39 is 4.92 Å². The van der Waals surface area contributed by atoms with E-state index in [1.807, 2.05) is 0 Å². The predicted octanol–water partition coefficient (Wildman–Crippen LogP) is 3.95. The quantitative estimate of drug-likeness (QED) is 0.328. The number of thioether (sulfide) groups is 1. The van der Waals surface area contributed by atoms with Crippen LogP contribution >= 0.6 is 46.2 Å². The summed E-state index contributed by atoms with van der Waals surface area (Å²) in [5, 5.41) is 18.7. The van der Waals surface area contributed by atoms with E-state index in [-0.39, 0.29) is 5.00 Å². The molecule has 10 heteroatoms. The first-order valence-electron chi connectivity index (χ1n) is 5.43. The molecule has 102 valence electrons. The van der Waals surface area contributed by atoms with Crippen LogP contribution in [0, 0.1) is 10.1 Å². The number of nitrogens with zero attached hydrogens (tertiary/aromatic N) is 4. The molecule has 0 amide bonds. The Morgan fingerprint density at radius 1 is 1.32 bits per heavy atom. The first-order chi connectivity index (χ1) is 9.19. The van der Waals surface area contributed by atoms with Crippen molar-refractivity contribution in [2.75, 3.05) is 5.75 Å². The van der Waals surface area contributed by atoms with Crippen molar-refractivity contribution < 1.29 is 4.92 Å². The van der Waals surface area contributed by atoms with Crippen LogP contribution in [-0.2, 0) is 0 Å². The van der Waals surface area contributed by atoms with Gasteiger partial charge in [0.25, 0.3) is 0 Å². The van der Waals surface area contributed by atoms with E-state index in [1.165, 1.54) is 29.3 Å². The second kappa shape index (κ2) is 7.17. The van der Waals surface area contributed by atoms with E-state index >= 15 is 0 Å². The maximum Gasteiger partial charge on any atom is 0.344 e. The number of thiazole rings is 1. The highest BCUT2D eigenvalue weighted by Crippen LogP contribution is 2.37. The van der Waals surface area contributed by atoms with Gasteiger partial charge in [-0.15, -0.1) is 10.2 Å². The van der Waals surface area contributed by atoms with Crippen molar-refractivity contribution in [3.05, 3.63) is 16.3 Å². The second-order valence-electron chi connectivity index (χ2n) is 3.36. The summed E-state index contributed by atoms with van der Waals surface area (Å²) in [6.07, 6.45) is 3.59. The highest BCUT2D eigenvalue weighted by atomic mass is 32.2. The zero-order valence-corrected chi connectivity index (χ0v) is 13.2. The van der Waals surface area contributed by atoms with Gasteiger partial charge in [0, 0.05) is 5.75 Å². The third-order valence-electron chi connectivity index (χ3n) is 1.94. The van der Waals surface area contributed by atoms with E-state index in [2.05, 4.69) is 22.1 Å². The minimum atomic E-state index is -0.437. The molecule has 2 rings (SSSR count). The monoisotopic (exact) mass is 334 g/mol. The lowest BCUT2D eigenvalue weighted by atomic mass is 10.4. The molecule has 0 unspecified atom stereocenters. The van der Waals surface area contributed by atoms with Crippen LogP contribution in [-0.4, -0.2) is 25.9 Å². The lowest BCUT2D eigenvalue weighted by molar-refractivity contribution is -0.380. The lowest BCUT2D eigenvalue weighted by Crippen LogP contribution is -1.80. The Hall–Kier alpha value is -0.710. The highest BCUT2D eigenvalue weighted by molar-refractivity contribution is 8.04. The molecule has 0 N–H and O–H groups in total. The number of hydrogen-bond acceptors (Lipinski definition) is 9. The summed E-state index contributed by atoms with van der Waals surface area (Å²) < 4.78 is 2.32. The molecule has 0 radical (unpaired) electrons. The van der Waals surface area contributed by atoms with Crippen LogP contribution in [0.3, 0.4) is 0 Å². The van der Waals surface area contributed by atoms with Crippen molar-refractivity contribution >= 4 is 51.2 Å². The summed E-state index contributed by atoms with van der Waals surface area (Å²) in [5.74, 6) is 1.04. The van der Waals surface area contributed by atoms with Crippen LogP contribution < -0.4 is 0 Å². The molecule has 0 aliphatic carbocycles. The Kier molecular flexibility index (Phi) is 5.55. The van der Waals surface area contributed by atoms with Gasteiger partial charge in [0.05, 0.1) is 4.92 Å². The normalized spacial score (nSPS) is 10.8. The van der Waals surface area contributed by atoms with Gasteiger partial charge in [-0.2, -0.15) is 0 Å². The Morgan fingerprint density at radius 3 is 2.79 bits per heavy atom. The molecule has 0 spiro atoms. The number of unbranched alkanes of at least 4 members (excludes halogenated alkanes) is 1. The Morgan fingerprint density at radius 2 is 2.11 bits per heavy atom. The second-order valence-corrected chi connectivity index (χ2v) is 8.18. The van der Waals surface area contributed by atoms with Crippen LogP contribution in [0.1, 0.15) is 19.8 Å². The van der Waals surface area contributed by atoms with Crippen molar-refractivity contribution in [3.63, 3.8) is 0 Å². The molecule has 0 saturated carbocycles. The molecular formula is C9H10N4O2S4. The van der Waals surface area contributed by atoms with Gasteiger partial charge >= 0.3 is 5.00 Å². The van der Waals surface area contributed by atoms with Crippen molar-refractivity contribution in [2.45, 2.75) is 32.8 Å². The molecule has 0 aromatic carbocycles. The fraction of sp³-hybridized carbons (Fsp3) is 0.444. The molecule has 0 fully saturated rings. The number of aromatic nitrogens is 3. The van der Waals surface area contributed by atoms with Gasteiger partial charge in [-0.1, -0.05) is 36.4 Å². The molecule has 19 heavy (non-hydrogen) atoms. The van der Waals surface area contributed by atoms with E-state index in [9.17, 15) is 10.1 Å². The van der Waals surface area contributed by atoms with Crippen molar-refractivity contribution in [2.24, 2.45) is 0 Å². The number of rotatable bonds is 7. The molecule has 0 saturated heterocycles. The first-order valence-corrected chi connectivity index (χ1v) is 8.87. The van der Waals surface area contributed by atoms with Crippen molar-refractivity contribution in [1.29, 1.82) is 0 Å². The van der Waals surface area contributed by atoms with Gasteiger partial charge in [0.2, 0.25) is 0 Å². The largest absolute Gasteiger partial charge is 0.344 e. The average molecular weight is 334 g/mol. The Bertz CT molecular complexity index is 556. The predicted molar refractivity (Wildman–Crippen MR) is 78.4 cm³/mol. The van der Waals surface area contributed by atoms with E-state index in [0.717, 1.165) is 38.6 Å². The molecule has 2 aromatic heterocycles. The molecule has 0 aliphatic rings. The summed E-state index contributed by atoms with van der Waals surface area (Å²) in [7, 11) is 0. The van der Waals surface area contributed by atoms with E-state index in [1.54, 1.807) is 11.8 Å². The molecule has 0 aliphatic heterocycles. The summed E-state index contributed by atoms with van der Waals surface area (Å²) in [6.45, 7) is 2.15. The van der Waals surface area contributed by atoms with Gasteiger partial charge in [0.15, 0.2) is 13.0 Å². The van der Waals surface area contributed by atoms with Crippen molar-refractivity contribution in [3.8, 4) is 0 Å². The van der Waals surface area contributed by atoms with Crippen LogP contribution in [0.25, 0.3) is 0 Å². The minimum Gasteiger partial charge on any atom is -0.257 e. The third-order valence-corrected chi connectivity index (χ3v) is 6.16. The molecule has 0 atom stereocenters. The molecule has 2 heterocycles. The average Bonchev–Trinajstić information content (AvgIpc) is 3.00. The highest BCUT2D eigenvalue weighted by Gasteiger charge is 2.14. The maximum absolute atomic E-state index is 10.6. The van der Waals surface area contributed by atoms with E-state index in [4.69, 9.17) is 0 Å². The number of hydrogen-bond donors (Lipinski definition) is 0. The van der Waals surface area contributed by atoms with Gasteiger partial charge in [-0.05, 0) is 29.5 Å². The summed E-state index contributed by atoms with van der Waals surface area (Å²) in [4.78, 5) is 14.1. The smallest absolute Gasteiger partial charge is 0.257 e. The van der Waals surface area contributed by atoms with E-state index in [0.29, 0.717) is 4.34 Å². The van der Waals surface area contributed by atoms with Gasteiger partial charge in [-0.25, -0.2) is 4.98 Å². The van der Waals surface area contributed by atoms with Gasteiger partial charge in [-0.3, -0.25) is 10.1 Å². The van der Waals surface area contributed by atoms with Crippen molar-refractivity contribution in [1.82, 2.24) is 15.2 Å². The van der Waals surface area contributed by atoms with Crippen LogP contribution in [0.4, 0.5) is 5.00 Å². The van der Waals surface area contributed by atoms with Crippen LogP contribution in [0.5, 0.6) is 0 Å². The zero-order valence-electron chi connectivity index (χ0n) is 9.94. The topological polar surface area (TPSA) is 81.8 Å². The summed E-state index contributed by atoms with van der Waals surface area (Å²) >= 11 is 5.56. The summed E-state index contributed by atoms with van der Waals surface area (Å²) in [6, 6.07) is 0. The standard InChI is InChI=1S/C9H10N4O2S4/c1-2-3-4-16-8-11-12-9(19-8)18-7-10-5-6(17-7)13(14)15/h5H,2-4H2,1H3. The van der Waals surface area contributed by atoms with Crippen LogP contribution in [0.15, 0.2) is 19.2 Å².